The van der Waals surface area contributed by atoms with Crippen LogP contribution in [0.2, 0.25) is 10.0 Å². The van der Waals surface area contributed by atoms with Crippen LogP contribution in [0.4, 0.5) is 10.1 Å². The lowest BCUT2D eigenvalue weighted by Crippen LogP contribution is -2.13. The highest BCUT2D eigenvalue weighted by Crippen LogP contribution is 2.34. The fourth-order valence-corrected chi connectivity index (χ4v) is 4.14. The molecule has 25 heavy (non-hydrogen) atoms. The van der Waals surface area contributed by atoms with Crippen LogP contribution >= 0.6 is 46.3 Å². The molecule has 0 bridgehead atoms. The van der Waals surface area contributed by atoms with E-state index in [1.807, 2.05) is 0 Å². The van der Waals surface area contributed by atoms with Gasteiger partial charge in [0.25, 0.3) is 0 Å². The van der Waals surface area contributed by atoms with Crippen LogP contribution in [0.15, 0.2) is 46.8 Å². The van der Waals surface area contributed by atoms with E-state index in [4.69, 9.17) is 23.2 Å². The van der Waals surface area contributed by atoms with Crippen LogP contribution in [0.3, 0.4) is 0 Å². The molecule has 0 aliphatic rings. The van der Waals surface area contributed by atoms with E-state index in [0.29, 0.717) is 25.1 Å². The monoisotopic (exact) mass is 413 g/mol. The van der Waals surface area contributed by atoms with Crippen molar-refractivity contribution in [3.05, 3.63) is 58.3 Å². The predicted octanol–water partition coefficient (Wildman–Crippen LogP) is 5.38. The summed E-state index contributed by atoms with van der Waals surface area (Å²) in [5.41, 5.74) is 1.28. The van der Waals surface area contributed by atoms with Gasteiger partial charge in [-0.05, 0) is 42.5 Å². The molecule has 0 atom stereocenters. The van der Waals surface area contributed by atoms with Gasteiger partial charge in [0.1, 0.15) is 10.8 Å². The van der Waals surface area contributed by atoms with Gasteiger partial charge in [-0.2, -0.15) is 0 Å². The zero-order chi connectivity index (χ0) is 17.8. The average molecular weight is 414 g/mol. The standard InChI is InChI=1S/C16H10Cl2FN3OS2/c17-9-1-6-12(13(18)7-9)15-21-22-16(25-15)24-8-14(23)20-11-4-2-10(19)3-5-11/h1-7H,8H2,(H,20,23). The van der Waals surface area contributed by atoms with Crippen molar-refractivity contribution in [3.63, 3.8) is 0 Å². The molecule has 0 aliphatic carbocycles. The summed E-state index contributed by atoms with van der Waals surface area (Å²) in [6.45, 7) is 0. The van der Waals surface area contributed by atoms with Gasteiger partial charge >= 0.3 is 0 Å². The van der Waals surface area contributed by atoms with Gasteiger partial charge in [-0.25, -0.2) is 4.39 Å². The first-order chi connectivity index (χ1) is 12.0. The lowest BCUT2D eigenvalue weighted by atomic mass is 10.2. The van der Waals surface area contributed by atoms with Gasteiger partial charge in [-0.1, -0.05) is 46.3 Å². The molecule has 1 N–H and O–H groups in total. The highest BCUT2D eigenvalue weighted by Gasteiger charge is 2.12. The number of amides is 1. The summed E-state index contributed by atoms with van der Waals surface area (Å²) < 4.78 is 13.5. The number of halogens is 3. The molecular formula is C16H10Cl2FN3OS2. The van der Waals surface area contributed by atoms with Crippen LogP contribution < -0.4 is 5.32 Å². The second-order valence-electron chi connectivity index (χ2n) is 4.84. The number of carbonyl (C=O) groups is 1. The van der Waals surface area contributed by atoms with Crippen molar-refractivity contribution in [2.75, 3.05) is 11.1 Å². The van der Waals surface area contributed by atoms with Crippen molar-refractivity contribution in [2.45, 2.75) is 4.34 Å². The lowest BCUT2D eigenvalue weighted by Gasteiger charge is -2.03. The first-order valence-corrected chi connectivity index (χ1v) is 9.54. The molecule has 4 nitrogen and oxygen atoms in total. The van der Waals surface area contributed by atoms with E-state index in [0.717, 1.165) is 5.56 Å². The van der Waals surface area contributed by atoms with E-state index in [2.05, 4.69) is 15.5 Å². The molecule has 0 saturated heterocycles. The number of hydrogen-bond acceptors (Lipinski definition) is 5. The summed E-state index contributed by atoms with van der Waals surface area (Å²) in [6, 6.07) is 10.7. The smallest absolute Gasteiger partial charge is 0.234 e. The minimum absolute atomic E-state index is 0.167. The maximum Gasteiger partial charge on any atom is 0.234 e. The first-order valence-electron chi connectivity index (χ1n) is 6.98. The number of hydrogen-bond donors (Lipinski definition) is 1. The molecule has 1 heterocycles. The second-order valence-corrected chi connectivity index (χ2v) is 7.88. The third-order valence-electron chi connectivity index (χ3n) is 3.02. The Balaban J connectivity index is 1.59. The Labute approximate surface area is 161 Å². The maximum atomic E-state index is 12.8. The van der Waals surface area contributed by atoms with Gasteiger partial charge in [0, 0.05) is 16.3 Å². The Kier molecular flexibility index (Phi) is 5.90. The number of aromatic nitrogens is 2. The topological polar surface area (TPSA) is 54.9 Å². The van der Waals surface area contributed by atoms with Crippen LogP contribution in [0.25, 0.3) is 10.6 Å². The van der Waals surface area contributed by atoms with E-state index < -0.39 is 0 Å². The molecule has 0 saturated carbocycles. The minimum Gasteiger partial charge on any atom is -0.325 e. The average Bonchev–Trinajstić information content (AvgIpc) is 3.04. The third-order valence-corrected chi connectivity index (χ3v) is 5.66. The molecule has 9 heteroatoms. The van der Waals surface area contributed by atoms with Crippen LogP contribution in [-0.4, -0.2) is 21.9 Å². The molecule has 2 aromatic carbocycles. The summed E-state index contributed by atoms with van der Waals surface area (Å²) in [7, 11) is 0. The maximum absolute atomic E-state index is 12.8. The van der Waals surface area contributed by atoms with E-state index in [1.165, 1.54) is 47.4 Å². The minimum atomic E-state index is -0.352. The van der Waals surface area contributed by atoms with Gasteiger partial charge in [-0.15, -0.1) is 10.2 Å². The molecule has 3 aromatic rings. The molecule has 0 radical (unpaired) electrons. The van der Waals surface area contributed by atoms with Crippen LogP contribution in [0, 0.1) is 5.82 Å². The molecule has 1 aromatic heterocycles. The van der Waals surface area contributed by atoms with Crippen LogP contribution in [-0.2, 0) is 4.79 Å². The van der Waals surface area contributed by atoms with Crippen molar-refractivity contribution < 1.29 is 9.18 Å². The predicted molar refractivity (Wildman–Crippen MR) is 101 cm³/mol. The fraction of sp³-hybridized carbons (Fsp3) is 0.0625. The molecule has 0 aliphatic heterocycles. The normalized spacial score (nSPS) is 10.7. The van der Waals surface area contributed by atoms with Gasteiger partial charge < -0.3 is 5.32 Å². The molecule has 0 fully saturated rings. The van der Waals surface area contributed by atoms with Gasteiger partial charge in [0.05, 0.1) is 10.8 Å². The van der Waals surface area contributed by atoms with E-state index in [1.54, 1.807) is 18.2 Å². The quantitative estimate of drug-likeness (QED) is 0.570. The Morgan fingerprint density at radius 3 is 2.64 bits per heavy atom. The van der Waals surface area contributed by atoms with Crippen molar-refractivity contribution in [1.29, 1.82) is 0 Å². The molecule has 1 amide bonds. The van der Waals surface area contributed by atoms with E-state index in [9.17, 15) is 9.18 Å². The summed E-state index contributed by atoms with van der Waals surface area (Å²) >= 11 is 14.6. The van der Waals surface area contributed by atoms with Crippen molar-refractivity contribution in [3.8, 4) is 10.6 Å². The summed E-state index contributed by atoms with van der Waals surface area (Å²) in [4.78, 5) is 11.9. The number of thioether (sulfide) groups is 1. The Bertz CT molecular complexity index is 903. The first kappa shape index (κ1) is 18.1. The molecule has 0 spiro atoms. The highest BCUT2D eigenvalue weighted by atomic mass is 35.5. The number of nitrogens with one attached hydrogen (secondary N) is 1. The van der Waals surface area contributed by atoms with Crippen LogP contribution in [0.5, 0.6) is 0 Å². The van der Waals surface area contributed by atoms with Crippen molar-refractivity contribution in [2.24, 2.45) is 0 Å². The van der Waals surface area contributed by atoms with Crippen LogP contribution in [0.1, 0.15) is 0 Å². The second kappa shape index (κ2) is 8.14. The molecular weight excluding hydrogens is 404 g/mol. The van der Waals surface area contributed by atoms with Gasteiger partial charge in [0.15, 0.2) is 4.34 Å². The van der Waals surface area contributed by atoms with Crippen molar-refractivity contribution >= 4 is 57.9 Å². The number of anilines is 1. The molecule has 0 unspecified atom stereocenters. The number of nitrogens with zero attached hydrogens (tertiary/aromatic N) is 2. The Hall–Kier alpha value is -1.67. The molecule has 128 valence electrons. The molecule has 3 rings (SSSR count). The zero-order valence-corrected chi connectivity index (χ0v) is 15.6. The van der Waals surface area contributed by atoms with Gasteiger partial charge in [0.2, 0.25) is 5.91 Å². The number of benzene rings is 2. The SMILES string of the molecule is O=C(CSc1nnc(-c2ccc(Cl)cc2Cl)s1)Nc1ccc(F)cc1. The third kappa shape index (κ3) is 4.92. The number of carbonyl (C=O) groups excluding carboxylic acids is 1. The van der Waals surface area contributed by atoms with Gasteiger partial charge in [-0.3, -0.25) is 4.79 Å². The highest BCUT2D eigenvalue weighted by molar-refractivity contribution is 8.01. The largest absolute Gasteiger partial charge is 0.325 e. The Morgan fingerprint density at radius 1 is 1.16 bits per heavy atom. The summed E-state index contributed by atoms with van der Waals surface area (Å²) in [6.07, 6.45) is 0. The summed E-state index contributed by atoms with van der Waals surface area (Å²) in [5, 5.41) is 12.5. The van der Waals surface area contributed by atoms with E-state index in [-0.39, 0.29) is 17.5 Å². The summed E-state index contributed by atoms with van der Waals surface area (Å²) in [5.74, 6) is -0.395. The van der Waals surface area contributed by atoms with Crippen molar-refractivity contribution in [1.82, 2.24) is 10.2 Å². The zero-order valence-electron chi connectivity index (χ0n) is 12.5. The number of rotatable bonds is 5. The lowest BCUT2D eigenvalue weighted by molar-refractivity contribution is -0.113. The Morgan fingerprint density at radius 2 is 1.92 bits per heavy atom. The fourth-order valence-electron chi connectivity index (χ4n) is 1.90. The van der Waals surface area contributed by atoms with E-state index >= 15 is 0 Å².